The van der Waals surface area contributed by atoms with Crippen LogP contribution < -0.4 is 16.0 Å². The van der Waals surface area contributed by atoms with Crippen LogP contribution in [0.2, 0.25) is 0 Å². The SMILES string of the molecule is O=c1[nH]c2c(c(=O)n1-c1ccccc1)Cc1ccccc1O2. The average Bonchev–Trinajstić information content (AvgIpc) is 2.54. The van der Waals surface area contributed by atoms with E-state index in [9.17, 15) is 9.59 Å². The Labute approximate surface area is 125 Å². The minimum Gasteiger partial charge on any atom is -0.440 e. The van der Waals surface area contributed by atoms with E-state index >= 15 is 0 Å². The van der Waals surface area contributed by atoms with Gasteiger partial charge < -0.3 is 4.74 Å². The highest BCUT2D eigenvalue weighted by Crippen LogP contribution is 2.32. The van der Waals surface area contributed by atoms with Gasteiger partial charge in [0.25, 0.3) is 5.56 Å². The molecule has 0 radical (unpaired) electrons. The number of nitrogens with one attached hydrogen (secondary N) is 1. The molecular weight excluding hydrogens is 280 g/mol. The van der Waals surface area contributed by atoms with Crippen LogP contribution in [0.1, 0.15) is 11.1 Å². The van der Waals surface area contributed by atoms with E-state index in [1.807, 2.05) is 30.3 Å². The normalized spacial score (nSPS) is 12.2. The topological polar surface area (TPSA) is 64.1 Å². The number of nitrogens with zero attached hydrogens (tertiary/aromatic N) is 1. The zero-order valence-corrected chi connectivity index (χ0v) is 11.6. The van der Waals surface area contributed by atoms with Crippen LogP contribution in [0.15, 0.2) is 64.2 Å². The first-order valence-electron chi connectivity index (χ1n) is 6.93. The summed E-state index contributed by atoms with van der Waals surface area (Å²) in [6, 6.07) is 16.3. The van der Waals surface area contributed by atoms with Gasteiger partial charge in [-0.3, -0.25) is 9.78 Å². The number of benzene rings is 2. The van der Waals surface area contributed by atoms with Gasteiger partial charge in [-0.1, -0.05) is 36.4 Å². The summed E-state index contributed by atoms with van der Waals surface area (Å²) in [4.78, 5) is 27.6. The Morgan fingerprint density at radius 1 is 0.955 bits per heavy atom. The van der Waals surface area contributed by atoms with Gasteiger partial charge in [-0.2, -0.15) is 0 Å². The number of fused-ring (bicyclic) bond motifs is 2. The van der Waals surface area contributed by atoms with Gasteiger partial charge in [0.1, 0.15) is 5.75 Å². The minimum absolute atomic E-state index is 0.237. The van der Waals surface area contributed by atoms with Crippen molar-refractivity contribution in [2.45, 2.75) is 6.42 Å². The highest BCUT2D eigenvalue weighted by Gasteiger charge is 2.23. The Kier molecular flexibility index (Phi) is 2.72. The number of hydrogen-bond acceptors (Lipinski definition) is 3. The standard InChI is InChI=1S/C17H12N2O3/c20-16-13-10-11-6-4-5-9-14(11)22-15(13)18-17(21)19(16)12-7-2-1-3-8-12/h1-9H,10H2,(H,18,21). The van der Waals surface area contributed by atoms with Crippen LogP contribution >= 0.6 is 0 Å². The molecule has 0 amide bonds. The number of H-pyrrole nitrogens is 1. The first-order valence-corrected chi connectivity index (χ1v) is 6.93. The second kappa shape index (κ2) is 4.73. The van der Waals surface area contributed by atoms with E-state index in [-0.39, 0.29) is 11.4 Å². The van der Waals surface area contributed by atoms with Gasteiger partial charge in [0.15, 0.2) is 0 Å². The molecular formula is C17H12N2O3. The molecule has 3 aromatic rings. The molecule has 1 N–H and O–H groups in total. The molecule has 2 aromatic carbocycles. The highest BCUT2D eigenvalue weighted by molar-refractivity contribution is 5.46. The van der Waals surface area contributed by atoms with E-state index in [1.165, 1.54) is 0 Å². The molecule has 5 heteroatoms. The Hall–Kier alpha value is -3.08. The van der Waals surface area contributed by atoms with Crippen LogP contribution in [0.5, 0.6) is 11.6 Å². The number of para-hydroxylation sites is 2. The third kappa shape index (κ3) is 1.87. The molecule has 0 atom stereocenters. The Morgan fingerprint density at radius 2 is 1.68 bits per heavy atom. The number of rotatable bonds is 1. The highest BCUT2D eigenvalue weighted by atomic mass is 16.5. The average molecular weight is 292 g/mol. The predicted octanol–water partition coefficient (Wildman–Crippen LogP) is 2.22. The monoisotopic (exact) mass is 292 g/mol. The molecule has 1 aromatic heterocycles. The molecule has 22 heavy (non-hydrogen) atoms. The van der Waals surface area contributed by atoms with Gasteiger partial charge in [0.2, 0.25) is 5.88 Å². The third-order valence-corrected chi connectivity index (χ3v) is 3.73. The molecule has 0 fully saturated rings. The van der Waals surface area contributed by atoms with Crippen molar-refractivity contribution in [3.05, 3.63) is 86.6 Å². The van der Waals surface area contributed by atoms with Crippen molar-refractivity contribution in [1.82, 2.24) is 9.55 Å². The first kappa shape index (κ1) is 12.6. The zero-order valence-electron chi connectivity index (χ0n) is 11.6. The molecule has 0 spiro atoms. The van der Waals surface area contributed by atoms with Gasteiger partial charge in [0, 0.05) is 6.42 Å². The fourth-order valence-electron chi connectivity index (χ4n) is 2.66. The molecule has 1 aliphatic heterocycles. The molecule has 0 saturated carbocycles. The molecule has 4 rings (SSSR count). The maximum Gasteiger partial charge on any atom is 0.335 e. The van der Waals surface area contributed by atoms with Crippen LogP contribution in [-0.2, 0) is 6.42 Å². The summed E-state index contributed by atoms with van der Waals surface area (Å²) in [5.74, 6) is 0.906. The van der Waals surface area contributed by atoms with Crippen LogP contribution in [-0.4, -0.2) is 9.55 Å². The summed E-state index contributed by atoms with van der Waals surface area (Å²) in [5, 5.41) is 0. The molecule has 0 saturated heterocycles. The van der Waals surface area contributed by atoms with Crippen LogP contribution in [0, 0.1) is 0 Å². The van der Waals surface area contributed by atoms with E-state index in [4.69, 9.17) is 4.74 Å². The molecule has 108 valence electrons. The fourth-order valence-corrected chi connectivity index (χ4v) is 2.66. The van der Waals surface area contributed by atoms with Crippen molar-refractivity contribution in [1.29, 1.82) is 0 Å². The van der Waals surface area contributed by atoms with E-state index in [2.05, 4.69) is 4.98 Å². The Balaban J connectivity index is 1.94. The Morgan fingerprint density at radius 3 is 2.50 bits per heavy atom. The van der Waals surface area contributed by atoms with Gasteiger partial charge in [-0.15, -0.1) is 0 Å². The van der Waals surface area contributed by atoms with Gasteiger partial charge in [0.05, 0.1) is 11.3 Å². The van der Waals surface area contributed by atoms with Crippen LogP contribution in [0.4, 0.5) is 0 Å². The summed E-state index contributed by atoms with van der Waals surface area (Å²) in [7, 11) is 0. The van der Waals surface area contributed by atoms with Gasteiger partial charge in [-0.25, -0.2) is 9.36 Å². The van der Waals surface area contributed by atoms with E-state index in [1.54, 1.807) is 24.3 Å². The van der Waals surface area contributed by atoms with E-state index < -0.39 is 5.69 Å². The first-order chi connectivity index (χ1) is 10.7. The maximum atomic E-state index is 12.7. The van der Waals surface area contributed by atoms with Gasteiger partial charge in [-0.05, 0) is 23.8 Å². The van der Waals surface area contributed by atoms with Crippen molar-refractivity contribution < 1.29 is 4.74 Å². The predicted molar refractivity (Wildman–Crippen MR) is 82.0 cm³/mol. The second-order valence-electron chi connectivity index (χ2n) is 5.10. The maximum absolute atomic E-state index is 12.7. The molecule has 1 aliphatic rings. The lowest BCUT2D eigenvalue weighted by atomic mass is 10.0. The second-order valence-corrected chi connectivity index (χ2v) is 5.10. The number of ether oxygens (including phenoxy) is 1. The van der Waals surface area contributed by atoms with Gasteiger partial charge >= 0.3 is 5.69 Å². The molecule has 2 heterocycles. The lowest BCUT2D eigenvalue weighted by Gasteiger charge is -2.19. The minimum atomic E-state index is -0.505. The summed E-state index contributed by atoms with van der Waals surface area (Å²) < 4.78 is 6.80. The lowest BCUT2D eigenvalue weighted by molar-refractivity contribution is 0.432. The lowest BCUT2D eigenvalue weighted by Crippen LogP contribution is -2.37. The number of hydrogen-bond donors (Lipinski definition) is 1. The van der Waals surface area contributed by atoms with Crippen LogP contribution in [0.3, 0.4) is 0 Å². The van der Waals surface area contributed by atoms with E-state index in [0.717, 1.165) is 10.1 Å². The summed E-state index contributed by atoms with van der Waals surface area (Å²) in [6.07, 6.45) is 0.438. The van der Waals surface area contributed by atoms with E-state index in [0.29, 0.717) is 23.4 Å². The summed E-state index contributed by atoms with van der Waals surface area (Å²) in [5.41, 5.74) is 1.07. The Bertz CT molecular complexity index is 971. The third-order valence-electron chi connectivity index (χ3n) is 3.73. The summed E-state index contributed by atoms with van der Waals surface area (Å²) in [6.45, 7) is 0. The van der Waals surface area contributed by atoms with Crippen molar-refractivity contribution in [3.63, 3.8) is 0 Å². The summed E-state index contributed by atoms with van der Waals surface area (Å²) >= 11 is 0. The smallest absolute Gasteiger partial charge is 0.335 e. The van der Waals surface area contributed by atoms with Crippen LogP contribution in [0.25, 0.3) is 5.69 Å². The van der Waals surface area contributed by atoms with Crippen molar-refractivity contribution in [3.8, 4) is 17.3 Å². The zero-order chi connectivity index (χ0) is 15.1. The number of aromatic nitrogens is 2. The fraction of sp³-hybridized carbons (Fsp3) is 0.0588. The van der Waals surface area contributed by atoms with Crippen molar-refractivity contribution in [2.75, 3.05) is 0 Å². The molecule has 5 nitrogen and oxygen atoms in total. The van der Waals surface area contributed by atoms with Crippen molar-refractivity contribution >= 4 is 0 Å². The molecule has 0 aliphatic carbocycles. The molecule has 0 bridgehead atoms. The quantitative estimate of drug-likeness (QED) is 0.585. The molecule has 0 unspecified atom stereocenters. The number of aromatic amines is 1. The van der Waals surface area contributed by atoms with Crippen molar-refractivity contribution in [2.24, 2.45) is 0 Å². The largest absolute Gasteiger partial charge is 0.440 e.